The van der Waals surface area contributed by atoms with Gasteiger partial charge in [0, 0.05) is 22.2 Å². The molecule has 3 rings (SSSR count). The average Bonchev–Trinajstić information content (AvgIpc) is 2.38. The average molecular weight is 275 g/mol. The second-order valence-electron chi connectivity index (χ2n) is 3.88. The zero-order valence-electron chi connectivity index (χ0n) is 9.27. The van der Waals surface area contributed by atoms with Gasteiger partial charge in [-0.25, -0.2) is 9.97 Å². The van der Waals surface area contributed by atoms with Gasteiger partial charge >= 0.3 is 0 Å². The van der Waals surface area contributed by atoms with E-state index in [1.807, 2.05) is 42.5 Å². The van der Waals surface area contributed by atoms with Gasteiger partial charge in [-0.3, -0.25) is 0 Å². The van der Waals surface area contributed by atoms with E-state index in [4.69, 9.17) is 23.2 Å². The van der Waals surface area contributed by atoms with Gasteiger partial charge in [0.25, 0.3) is 0 Å². The SMILES string of the molecule is Clc1ccc2cnc(-c3ccccc3Cl)nc2c1. The Morgan fingerprint density at radius 2 is 1.78 bits per heavy atom. The van der Waals surface area contributed by atoms with Crippen molar-refractivity contribution in [2.45, 2.75) is 0 Å². The Kier molecular flexibility index (Phi) is 2.90. The number of fused-ring (bicyclic) bond motifs is 1. The predicted octanol–water partition coefficient (Wildman–Crippen LogP) is 4.60. The Bertz CT molecular complexity index is 726. The standard InChI is InChI=1S/C14H8Cl2N2/c15-10-6-5-9-8-17-14(18-13(9)7-10)11-3-1-2-4-12(11)16/h1-8H. The summed E-state index contributed by atoms with van der Waals surface area (Å²) in [5.41, 5.74) is 1.63. The molecule has 4 heteroatoms. The van der Waals surface area contributed by atoms with E-state index in [1.165, 1.54) is 0 Å². The van der Waals surface area contributed by atoms with E-state index in [0.717, 1.165) is 16.5 Å². The normalized spacial score (nSPS) is 10.8. The molecule has 1 aromatic heterocycles. The number of aromatic nitrogens is 2. The summed E-state index contributed by atoms with van der Waals surface area (Å²) >= 11 is 12.1. The van der Waals surface area contributed by atoms with Gasteiger partial charge in [-0.1, -0.05) is 35.3 Å². The van der Waals surface area contributed by atoms with Crippen LogP contribution in [0.5, 0.6) is 0 Å². The summed E-state index contributed by atoms with van der Waals surface area (Å²) in [6.45, 7) is 0. The van der Waals surface area contributed by atoms with Gasteiger partial charge in [-0.15, -0.1) is 0 Å². The summed E-state index contributed by atoms with van der Waals surface area (Å²) in [4.78, 5) is 8.82. The summed E-state index contributed by atoms with van der Waals surface area (Å²) in [7, 11) is 0. The maximum absolute atomic E-state index is 6.14. The molecule has 2 nitrogen and oxygen atoms in total. The van der Waals surface area contributed by atoms with Crippen LogP contribution in [0.2, 0.25) is 10.0 Å². The van der Waals surface area contributed by atoms with Crippen molar-refractivity contribution < 1.29 is 0 Å². The van der Waals surface area contributed by atoms with Crippen molar-refractivity contribution in [3.8, 4) is 11.4 Å². The molecule has 3 aromatic rings. The van der Waals surface area contributed by atoms with Gasteiger partial charge in [-0.05, 0) is 30.3 Å². The third kappa shape index (κ3) is 2.05. The summed E-state index contributed by atoms with van der Waals surface area (Å²) in [5, 5.41) is 2.25. The molecule has 0 saturated heterocycles. The van der Waals surface area contributed by atoms with Gasteiger partial charge in [0.05, 0.1) is 10.5 Å². The molecule has 1 heterocycles. The molecule has 0 saturated carbocycles. The summed E-state index contributed by atoms with van der Waals surface area (Å²) in [6, 6.07) is 13.0. The zero-order valence-corrected chi connectivity index (χ0v) is 10.8. The molecule has 18 heavy (non-hydrogen) atoms. The molecule has 0 N–H and O–H groups in total. The highest BCUT2D eigenvalue weighted by atomic mass is 35.5. The monoisotopic (exact) mass is 274 g/mol. The number of hydrogen-bond donors (Lipinski definition) is 0. The van der Waals surface area contributed by atoms with Crippen molar-refractivity contribution in [2.24, 2.45) is 0 Å². The third-order valence-corrected chi connectivity index (χ3v) is 3.22. The number of hydrogen-bond acceptors (Lipinski definition) is 2. The van der Waals surface area contributed by atoms with E-state index in [2.05, 4.69) is 9.97 Å². The van der Waals surface area contributed by atoms with Crippen molar-refractivity contribution in [3.63, 3.8) is 0 Å². The molecule has 0 amide bonds. The molecule has 0 atom stereocenters. The summed E-state index contributed by atoms with van der Waals surface area (Å²) < 4.78 is 0. The van der Waals surface area contributed by atoms with Crippen molar-refractivity contribution in [1.29, 1.82) is 0 Å². The van der Waals surface area contributed by atoms with Gasteiger partial charge in [0.2, 0.25) is 0 Å². The minimum atomic E-state index is 0.607. The maximum Gasteiger partial charge on any atom is 0.161 e. The van der Waals surface area contributed by atoms with Crippen LogP contribution in [0.3, 0.4) is 0 Å². The van der Waals surface area contributed by atoms with E-state index in [9.17, 15) is 0 Å². The zero-order chi connectivity index (χ0) is 12.5. The lowest BCUT2D eigenvalue weighted by atomic mass is 10.2. The van der Waals surface area contributed by atoms with Crippen LogP contribution in [-0.2, 0) is 0 Å². The minimum Gasteiger partial charge on any atom is -0.236 e. The van der Waals surface area contributed by atoms with E-state index in [1.54, 1.807) is 6.20 Å². The molecule has 0 bridgehead atoms. The summed E-state index contributed by atoms with van der Waals surface area (Å²) in [6.07, 6.45) is 1.78. The minimum absolute atomic E-state index is 0.607. The summed E-state index contributed by atoms with van der Waals surface area (Å²) in [5.74, 6) is 0.607. The van der Waals surface area contributed by atoms with Crippen LogP contribution in [0.25, 0.3) is 22.3 Å². The Hall–Kier alpha value is -1.64. The first kappa shape index (κ1) is 11.5. The number of nitrogens with zero attached hydrogens (tertiary/aromatic N) is 2. The molecule has 0 aliphatic carbocycles. The molecule has 0 aliphatic rings. The Morgan fingerprint density at radius 3 is 2.61 bits per heavy atom. The van der Waals surface area contributed by atoms with Gasteiger partial charge < -0.3 is 0 Å². The van der Waals surface area contributed by atoms with Gasteiger partial charge in [-0.2, -0.15) is 0 Å². The highest BCUT2D eigenvalue weighted by molar-refractivity contribution is 6.33. The highest BCUT2D eigenvalue weighted by Gasteiger charge is 2.06. The molecule has 0 unspecified atom stereocenters. The second-order valence-corrected chi connectivity index (χ2v) is 4.72. The van der Waals surface area contributed by atoms with E-state index < -0.39 is 0 Å². The van der Waals surface area contributed by atoms with Crippen LogP contribution in [0.1, 0.15) is 0 Å². The Labute approximate surface area is 114 Å². The van der Waals surface area contributed by atoms with E-state index >= 15 is 0 Å². The first-order chi connectivity index (χ1) is 8.74. The van der Waals surface area contributed by atoms with Gasteiger partial charge in [0.1, 0.15) is 0 Å². The van der Waals surface area contributed by atoms with Crippen LogP contribution in [0.15, 0.2) is 48.7 Å². The fourth-order valence-electron chi connectivity index (χ4n) is 1.77. The quantitative estimate of drug-likeness (QED) is 0.648. The van der Waals surface area contributed by atoms with Gasteiger partial charge in [0.15, 0.2) is 5.82 Å². The van der Waals surface area contributed by atoms with Crippen molar-refractivity contribution >= 4 is 34.1 Å². The topological polar surface area (TPSA) is 25.8 Å². The Morgan fingerprint density at radius 1 is 0.944 bits per heavy atom. The first-order valence-electron chi connectivity index (χ1n) is 5.41. The van der Waals surface area contributed by atoms with Crippen LogP contribution < -0.4 is 0 Å². The smallest absolute Gasteiger partial charge is 0.161 e. The maximum atomic E-state index is 6.14. The van der Waals surface area contributed by atoms with Crippen molar-refractivity contribution in [1.82, 2.24) is 9.97 Å². The van der Waals surface area contributed by atoms with Crippen LogP contribution in [0, 0.1) is 0 Å². The van der Waals surface area contributed by atoms with Crippen molar-refractivity contribution in [3.05, 3.63) is 58.7 Å². The molecular weight excluding hydrogens is 267 g/mol. The predicted molar refractivity (Wildman–Crippen MR) is 75.0 cm³/mol. The molecule has 0 radical (unpaired) electrons. The Balaban J connectivity index is 2.22. The largest absolute Gasteiger partial charge is 0.236 e. The lowest BCUT2D eigenvalue weighted by Crippen LogP contribution is -1.90. The van der Waals surface area contributed by atoms with Crippen LogP contribution >= 0.6 is 23.2 Å². The van der Waals surface area contributed by atoms with E-state index in [-0.39, 0.29) is 0 Å². The number of rotatable bonds is 1. The second kappa shape index (κ2) is 4.56. The fourth-order valence-corrected chi connectivity index (χ4v) is 2.16. The number of benzene rings is 2. The van der Waals surface area contributed by atoms with Crippen LogP contribution in [-0.4, -0.2) is 9.97 Å². The molecule has 0 spiro atoms. The lowest BCUT2D eigenvalue weighted by molar-refractivity contribution is 1.23. The molecule has 88 valence electrons. The van der Waals surface area contributed by atoms with Crippen LogP contribution in [0.4, 0.5) is 0 Å². The lowest BCUT2D eigenvalue weighted by Gasteiger charge is -2.04. The molecule has 2 aromatic carbocycles. The molecule has 0 fully saturated rings. The molecular formula is C14H8Cl2N2. The number of halogens is 2. The van der Waals surface area contributed by atoms with E-state index in [0.29, 0.717) is 15.9 Å². The highest BCUT2D eigenvalue weighted by Crippen LogP contribution is 2.26. The fraction of sp³-hybridized carbons (Fsp3) is 0. The third-order valence-electron chi connectivity index (χ3n) is 2.66. The molecule has 0 aliphatic heterocycles. The first-order valence-corrected chi connectivity index (χ1v) is 6.17. The van der Waals surface area contributed by atoms with Crippen molar-refractivity contribution in [2.75, 3.05) is 0 Å².